The normalized spacial score (nSPS) is 12.0. The topological polar surface area (TPSA) is 86.8 Å². The molecule has 10 heteroatoms. The molecule has 0 spiro atoms. The molecular formula is C29H33Cl2N3O4S. The van der Waals surface area contributed by atoms with E-state index in [9.17, 15) is 18.0 Å². The highest BCUT2D eigenvalue weighted by molar-refractivity contribution is 7.92. The molecule has 2 amide bonds. The van der Waals surface area contributed by atoms with Gasteiger partial charge in [-0.25, -0.2) is 8.42 Å². The molecule has 1 unspecified atom stereocenters. The molecule has 0 aliphatic rings. The van der Waals surface area contributed by atoms with E-state index in [0.29, 0.717) is 6.54 Å². The molecule has 1 N–H and O–H groups in total. The number of aryl methyl sites for hydroxylation is 1. The molecular weight excluding hydrogens is 557 g/mol. The minimum Gasteiger partial charge on any atom is -0.354 e. The van der Waals surface area contributed by atoms with E-state index in [0.717, 1.165) is 28.3 Å². The van der Waals surface area contributed by atoms with Crippen molar-refractivity contribution in [3.8, 4) is 0 Å². The number of rotatable bonds is 12. The van der Waals surface area contributed by atoms with Crippen molar-refractivity contribution in [2.24, 2.45) is 0 Å². The summed E-state index contributed by atoms with van der Waals surface area (Å²) in [5.41, 5.74) is 1.88. The van der Waals surface area contributed by atoms with Crippen LogP contribution >= 0.6 is 23.2 Å². The Morgan fingerprint density at radius 2 is 1.62 bits per heavy atom. The van der Waals surface area contributed by atoms with Gasteiger partial charge in [-0.2, -0.15) is 0 Å². The molecule has 3 aromatic carbocycles. The van der Waals surface area contributed by atoms with Gasteiger partial charge >= 0.3 is 0 Å². The number of unbranched alkanes of at least 4 members (excludes halogenated alkanes) is 1. The van der Waals surface area contributed by atoms with Crippen molar-refractivity contribution in [1.82, 2.24) is 10.2 Å². The highest BCUT2D eigenvalue weighted by Crippen LogP contribution is 2.31. The minimum atomic E-state index is -4.18. The van der Waals surface area contributed by atoms with Gasteiger partial charge in [0.25, 0.3) is 10.0 Å². The van der Waals surface area contributed by atoms with Gasteiger partial charge in [0.1, 0.15) is 12.6 Å². The maximum Gasteiger partial charge on any atom is 0.264 e. The summed E-state index contributed by atoms with van der Waals surface area (Å²) in [7, 11) is -4.18. The Hall–Kier alpha value is -3.07. The van der Waals surface area contributed by atoms with E-state index >= 15 is 0 Å². The van der Waals surface area contributed by atoms with Crippen LogP contribution in [0.2, 0.25) is 10.0 Å². The van der Waals surface area contributed by atoms with Crippen LogP contribution in [0.25, 0.3) is 0 Å². The predicted molar refractivity (Wildman–Crippen MR) is 157 cm³/mol. The maximum absolute atomic E-state index is 13.9. The molecule has 0 heterocycles. The highest BCUT2D eigenvalue weighted by Gasteiger charge is 2.32. The lowest BCUT2D eigenvalue weighted by atomic mass is 10.1. The molecule has 0 aliphatic carbocycles. The van der Waals surface area contributed by atoms with Gasteiger partial charge < -0.3 is 10.2 Å². The number of nitrogens with one attached hydrogen (secondary N) is 1. The molecule has 3 aromatic rings. The first-order valence-electron chi connectivity index (χ1n) is 12.7. The van der Waals surface area contributed by atoms with E-state index in [2.05, 4.69) is 5.32 Å². The molecule has 0 fully saturated rings. The first kappa shape index (κ1) is 30.5. The number of hydrogen-bond acceptors (Lipinski definition) is 4. The molecule has 0 aliphatic heterocycles. The number of amides is 2. The van der Waals surface area contributed by atoms with Crippen molar-refractivity contribution in [3.05, 3.63) is 94.0 Å². The van der Waals surface area contributed by atoms with Crippen molar-refractivity contribution in [3.63, 3.8) is 0 Å². The number of benzene rings is 3. The summed E-state index contributed by atoms with van der Waals surface area (Å²) in [4.78, 5) is 28.3. The van der Waals surface area contributed by atoms with Crippen molar-refractivity contribution in [1.29, 1.82) is 0 Å². The molecule has 0 bridgehead atoms. The monoisotopic (exact) mass is 589 g/mol. The smallest absolute Gasteiger partial charge is 0.264 e. The van der Waals surface area contributed by atoms with Crippen molar-refractivity contribution in [2.75, 3.05) is 17.4 Å². The van der Waals surface area contributed by atoms with Crippen LogP contribution in [0.1, 0.15) is 37.8 Å². The number of anilines is 1. The molecule has 1 atom stereocenters. The summed E-state index contributed by atoms with van der Waals surface area (Å²) in [6.07, 6.45) is 1.72. The van der Waals surface area contributed by atoms with Gasteiger partial charge in [0.15, 0.2) is 0 Å². The number of hydrogen-bond donors (Lipinski definition) is 1. The Bertz CT molecular complexity index is 1380. The van der Waals surface area contributed by atoms with Crippen molar-refractivity contribution >= 4 is 50.7 Å². The molecule has 208 valence electrons. The van der Waals surface area contributed by atoms with E-state index < -0.39 is 28.5 Å². The quantitative estimate of drug-likeness (QED) is 0.269. The molecule has 0 saturated carbocycles. The third-order valence-corrected chi connectivity index (χ3v) is 8.80. The summed E-state index contributed by atoms with van der Waals surface area (Å²) in [6, 6.07) is 19.1. The molecule has 0 radical (unpaired) electrons. The average Bonchev–Trinajstić information content (AvgIpc) is 2.92. The lowest BCUT2D eigenvalue weighted by molar-refractivity contribution is -0.139. The average molecular weight is 591 g/mol. The van der Waals surface area contributed by atoms with Crippen LogP contribution in [0, 0.1) is 6.92 Å². The molecule has 7 nitrogen and oxygen atoms in total. The first-order valence-corrected chi connectivity index (χ1v) is 14.9. The second-order valence-corrected chi connectivity index (χ2v) is 11.9. The second-order valence-electron chi connectivity index (χ2n) is 9.25. The SMILES string of the molecule is CCCCNC(=O)C(C)N(Cc1ccccc1)C(=O)CN(c1ccc(Cl)c(Cl)c1)S(=O)(=O)c1ccc(C)cc1. The third-order valence-electron chi connectivity index (χ3n) is 6.27. The Kier molecular flexibility index (Phi) is 10.8. The van der Waals surface area contributed by atoms with E-state index in [1.54, 1.807) is 19.1 Å². The van der Waals surface area contributed by atoms with Gasteiger partial charge in [0, 0.05) is 13.1 Å². The maximum atomic E-state index is 13.9. The lowest BCUT2D eigenvalue weighted by Crippen LogP contribution is -2.51. The third kappa shape index (κ3) is 7.97. The highest BCUT2D eigenvalue weighted by atomic mass is 35.5. The molecule has 0 saturated heterocycles. The van der Waals surface area contributed by atoms with Gasteiger partial charge in [-0.15, -0.1) is 0 Å². The summed E-state index contributed by atoms with van der Waals surface area (Å²) < 4.78 is 28.7. The van der Waals surface area contributed by atoms with Crippen LogP contribution < -0.4 is 9.62 Å². The molecule has 3 rings (SSSR count). The zero-order valence-electron chi connectivity index (χ0n) is 22.2. The van der Waals surface area contributed by atoms with Gasteiger partial charge in [-0.1, -0.05) is 84.6 Å². The molecule has 0 aromatic heterocycles. The molecule has 39 heavy (non-hydrogen) atoms. The first-order chi connectivity index (χ1) is 18.5. The largest absolute Gasteiger partial charge is 0.354 e. The second kappa shape index (κ2) is 13.8. The Balaban J connectivity index is 2.01. The predicted octanol–water partition coefficient (Wildman–Crippen LogP) is 5.83. The fourth-order valence-corrected chi connectivity index (χ4v) is 5.60. The van der Waals surface area contributed by atoms with Crippen LogP contribution in [-0.4, -0.2) is 44.3 Å². The fourth-order valence-electron chi connectivity index (χ4n) is 3.91. The number of sulfonamides is 1. The van der Waals surface area contributed by atoms with E-state index in [-0.39, 0.29) is 33.1 Å². The summed E-state index contributed by atoms with van der Waals surface area (Å²) in [5, 5.41) is 3.27. The number of nitrogens with zero attached hydrogens (tertiary/aromatic N) is 2. The van der Waals surface area contributed by atoms with Crippen LogP contribution in [0.5, 0.6) is 0 Å². The number of halogens is 2. The van der Waals surface area contributed by atoms with Crippen LogP contribution in [0.3, 0.4) is 0 Å². The van der Waals surface area contributed by atoms with Crippen LogP contribution in [-0.2, 0) is 26.2 Å². The van der Waals surface area contributed by atoms with E-state index in [1.165, 1.54) is 35.2 Å². The van der Waals surface area contributed by atoms with Gasteiger partial charge in [-0.05, 0) is 56.2 Å². The van der Waals surface area contributed by atoms with Gasteiger partial charge in [-0.3, -0.25) is 13.9 Å². The van der Waals surface area contributed by atoms with Gasteiger partial charge in [0.05, 0.1) is 20.6 Å². The Morgan fingerprint density at radius 3 is 2.23 bits per heavy atom. The Labute approximate surface area is 240 Å². The van der Waals surface area contributed by atoms with E-state index in [1.807, 2.05) is 44.2 Å². The lowest BCUT2D eigenvalue weighted by Gasteiger charge is -2.32. The number of carbonyl (C=O) groups excluding carboxylic acids is 2. The fraction of sp³-hybridized carbons (Fsp3) is 0.310. The summed E-state index contributed by atoms with van der Waals surface area (Å²) in [6.45, 7) is 5.58. The van der Waals surface area contributed by atoms with Crippen LogP contribution in [0.4, 0.5) is 5.69 Å². The standard InChI is InChI=1S/C29H33Cl2N3O4S/c1-4-5-17-32-29(36)22(3)33(19-23-9-7-6-8-10-23)28(35)20-34(24-13-16-26(30)27(31)18-24)39(37,38)25-14-11-21(2)12-15-25/h6-16,18,22H,4-5,17,19-20H2,1-3H3,(H,32,36). The van der Waals surface area contributed by atoms with Crippen molar-refractivity contribution < 1.29 is 18.0 Å². The number of carbonyl (C=O) groups is 2. The summed E-state index contributed by atoms with van der Waals surface area (Å²) >= 11 is 12.3. The zero-order chi connectivity index (χ0) is 28.6. The summed E-state index contributed by atoms with van der Waals surface area (Å²) in [5.74, 6) is -0.853. The van der Waals surface area contributed by atoms with Crippen LogP contribution in [0.15, 0.2) is 77.7 Å². The minimum absolute atomic E-state index is 0.0203. The zero-order valence-corrected chi connectivity index (χ0v) is 24.6. The Morgan fingerprint density at radius 1 is 0.949 bits per heavy atom. The van der Waals surface area contributed by atoms with E-state index in [4.69, 9.17) is 23.2 Å². The van der Waals surface area contributed by atoms with Gasteiger partial charge in [0.2, 0.25) is 11.8 Å². The van der Waals surface area contributed by atoms with Crippen molar-refractivity contribution in [2.45, 2.75) is 51.1 Å².